The molecule has 1 saturated heterocycles. The highest BCUT2D eigenvalue weighted by molar-refractivity contribution is 6.06. The zero-order valence-corrected chi connectivity index (χ0v) is 18.7. The van der Waals surface area contributed by atoms with Gasteiger partial charge in [-0.2, -0.15) is 5.10 Å². The van der Waals surface area contributed by atoms with Crippen molar-refractivity contribution in [2.24, 2.45) is 13.0 Å². The van der Waals surface area contributed by atoms with E-state index in [1.807, 2.05) is 37.4 Å². The maximum atomic E-state index is 12.8. The van der Waals surface area contributed by atoms with E-state index in [9.17, 15) is 9.59 Å². The number of likely N-dealkylation sites (tertiary alicyclic amines) is 1. The molecule has 0 bridgehead atoms. The molecule has 0 radical (unpaired) electrons. The Bertz CT molecular complexity index is 1340. The Morgan fingerprint density at radius 2 is 2.12 bits per heavy atom. The van der Waals surface area contributed by atoms with E-state index in [-0.39, 0.29) is 11.9 Å². The minimum Gasteiger partial charge on any atom is -0.469 e. The van der Waals surface area contributed by atoms with E-state index in [1.165, 1.54) is 7.11 Å². The molecule has 33 heavy (non-hydrogen) atoms. The highest BCUT2D eigenvalue weighted by Crippen LogP contribution is 2.23. The van der Waals surface area contributed by atoms with Gasteiger partial charge in [0.15, 0.2) is 0 Å². The number of benzene rings is 2. The van der Waals surface area contributed by atoms with Crippen molar-refractivity contribution < 1.29 is 14.3 Å². The number of hydrogen-bond donors (Lipinski definition) is 2. The molecule has 2 aromatic carbocycles. The Kier molecular flexibility index (Phi) is 5.55. The second-order valence-electron chi connectivity index (χ2n) is 8.58. The first-order valence-electron chi connectivity index (χ1n) is 11.0. The van der Waals surface area contributed by atoms with Gasteiger partial charge in [0.05, 0.1) is 36.4 Å². The van der Waals surface area contributed by atoms with E-state index in [1.54, 1.807) is 16.9 Å². The second kappa shape index (κ2) is 8.67. The van der Waals surface area contributed by atoms with Gasteiger partial charge in [-0.15, -0.1) is 0 Å². The number of aromatic nitrogens is 4. The van der Waals surface area contributed by atoms with E-state index in [0.717, 1.165) is 47.3 Å². The lowest BCUT2D eigenvalue weighted by Gasteiger charge is -2.13. The van der Waals surface area contributed by atoms with Crippen LogP contribution in [0.5, 0.6) is 0 Å². The van der Waals surface area contributed by atoms with Crippen LogP contribution >= 0.6 is 0 Å². The molecule has 4 aromatic rings. The van der Waals surface area contributed by atoms with Crippen molar-refractivity contribution in [3.8, 4) is 0 Å². The molecule has 9 heteroatoms. The number of ether oxygens (including phenoxy) is 1. The highest BCUT2D eigenvalue weighted by Gasteiger charge is 2.25. The first kappa shape index (κ1) is 21.1. The van der Waals surface area contributed by atoms with Gasteiger partial charge in [-0.1, -0.05) is 0 Å². The van der Waals surface area contributed by atoms with Crippen LogP contribution in [0.25, 0.3) is 21.9 Å². The number of aromatic amines is 1. The summed E-state index contributed by atoms with van der Waals surface area (Å²) in [5, 5.41) is 8.11. The van der Waals surface area contributed by atoms with Gasteiger partial charge < -0.3 is 15.0 Å². The number of fused-ring (bicyclic) bond motifs is 2. The van der Waals surface area contributed by atoms with Gasteiger partial charge in [0.1, 0.15) is 5.82 Å². The van der Waals surface area contributed by atoms with E-state index >= 15 is 0 Å². The van der Waals surface area contributed by atoms with Crippen LogP contribution in [0.4, 0.5) is 5.69 Å². The molecular formula is C24H26N6O3. The van der Waals surface area contributed by atoms with Crippen molar-refractivity contribution >= 4 is 39.5 Å². The number of nitrogens with zero attached hydrogens (tertiary/aromatic N) is 4. The summed E-state index contributed by atoms with van der Waals surface area (Å²) in [7, 11) is 3.31. The van der Waals surface area contributed by atoms with Crippen molar-refractivity contribution in [3.63, 3.8) is 0 Å². The molecule has 2 aromatic heterocycles. The van der Waals surface area contributed by atoms with E-state index < -0.39 is 0 Å². The number of H-pyrrole nitrogens is 1. The summed E-state index contributed by atoms with van der Waals surface area (Å²) in [6, 6.07) is 11.2. The number of esters is 1. The van der Waals surface area contributed by atoms with Gasteiger partial charge in [0, 0.05) is 36.7 Å². The fourth-order valence-corrected chi connectivity index (χ4v) is 4.48. The predicted octanol–water partition coefficient (Wildman–Crippen LogP) is 3.09. The highest BCUT2D eigenvalue weighted by atomic mass is 16.5. The smallest absolute Gasteiger partial charge is 0.305 e. The number of carbonyl (C=O) groups is 2. The molecule has 2 N–H and O–H groups in total. The Balaban J connectivity index is 1.25. The molecule has 1 aliphatic rings. The number of carbonyl (C=O) groups excluding carboxylic acids is 2. The summed E-state index contributed by atoms with van der Waals surface area (Å²) in [6.07, 6.45) is 3.20. The molecule has 0 aliphatic carbocycles. The number of rotatable bonds is 6. The summed E-state index contributed by atoms with van der Waals surface area (Å²) >= 11 is 0. The Morgan fingerprint density at radius 1 is 1.24 bits per heavy atom. The van der Waals surface area contributed by atoms with Crippen LogP contribution in [0.1, 0.15) is 29.0 Å². The summed E-state index contributed by atoms with van der Waals surface area (Å²) in [6.45, 7) is 2.48. The largest absolute Gasteiger partial charge is 0.469 e. The maximum Gasteiger partial charge on any atom is 0.305 e. The first-order valence-corrected chi connectivity index (χ1v) is 11.0. The normalized spacial score (nSPS) is 16.5. The molecular weight excluding hydrogens is 420 g/mol. The number of anilines is 1. The van der Waals surface area contributed by atoms with Crippen LogP contribution in [-0.4, -0.2) is 56.7 Å². The molecule has 1 amide bonds. The second-order valence-corrected chi connectivity index (χ2v) is 8.58. The van der Waals surface area contributed by atoms with Crippen LogP contribution in [-0.2, 0) is 23.1 Å². The number of imidazole rings is 1. The van der Waals surface area contributed by atoms with Gasteiger partial charge >= 0.3 is 5.97 Å². The van der Waals surface area contributed by atoms with E-state index in [0.29, 0.717) is 30.1 Å². The molecule has 1 atom stereocenters. The number of hydrogen-bond acceptors (Lipinski definition) is 6. The molecule has 0 saturated carbocycles. The molecule has 1 unspecified atom stereocenters. The minimum atomic E-state index is -0.173. The zero-order valence-electron chi connectivity index (χ0n) is 18.7. The molecule has 1 aliphatic heterocycles. The standard InChI is InChI=1S/C24H26N6O3/c1-29-21-6-3-16(10-17(21)12-25-29)24(32)26-18-4-5-19-20(11-18)28-22(27-19)14-30-8-7-15(13-30)9-23(31)33-2/h3-6,10-12,15H,7-9,13-14H2,1-2H3,(H,26,32)(H,27,28). The number of nitrogens with one attached hydrogen (secondary N) is 2. The topological polar surface area (TPSA) is 105 Å². The monoisotopic (exact) mass is 446 g/mol. The number of aryl methyl sites for hydroxylation is 1. The SMILES string of the molecule is COC(=O)CC1CCN(Cc2nc3ccc(NC(=O)c4ccc5c(cnn5C)c4)cc3[nH]2)C1. The lowest BCUT2D eigenvalue weighted by Crippen LogP contribution is -2.21. The fourth-order valence-electron chi connectivity index (χ4n) is 4.48. The van der Waals surface area contributed by atoms with Gasteiger partial charge in [0.25, 0.3) is 5.91 Å². The number of methoxy groups -OCH3 is 1. The van der Waals surface area contributed by atoms with Crippen LogP contribution in [0, 0.1) is 5.92 Å². The third-order valence-electron chi connectivity index (χ3n) is 6.22. The van der Waals surface area contributed by atoms with Crippen molar-refractivity contribution in [2.75, 3.05) is 25.5 Å². The summed E-state index contributed by atoms with van der Waals surface area (Å²) in [4.78, 5) is 34.6. The summed E-state index contributed by atoms with van der Waals surface area (Å²) in [5.74, 6) is 0.873. The number of amides is 1. The molecule has 0 spiro atoms. The average Bonchev–Trinajstić information content (AvgIpc) is 3.52. The minimum absolute atomic E-state index is 0.152. The maximum absolute atomic E-state index is 12.8. The van der Waals surface area contributed by atoms with Gasteiger partial charge in [-0.3, -0.25) is 19.2 Å². The molecule has 3 heterocycles. The van der Waals surface area contributed by atoms with Crippen molar-refractivity contribution in [1.82, 2.24) is 24.6 Å². The van der Waals surface area contributed by atoms with Crippen molar-refractivity contribution in [3.05, 3.63) is 54.0 Å². The van der Waals surface area contributed by atoms with Gasteiger partial charge in [0.2, 0.25) is 0 Å². The Hall–Kier alpha value is -3.72. The van der Waals surface area contributed by atoms with Crippen LogP contribution in [0.15, 0.2) is 42.6 Å². The molecule has 9 nitrogen and oxygen atoms in total. The Labute approximate surface area is 190 Å². The first-order chi connectivity index (χ1) is 16.0. The van der Waals surface area contributed by atoms with Crippen LogP contribution in [0.2, 0.25) is 0 Å². The summed E-state index contributed by atoms with van der Waals surface area (Å²) < 4.78 is 6.56. The van der Waals surface area contributed by atoms with Gasteiger partial charge in [-0.05, 0) is 55.3 Å². The van der Waals surface area contributed by atoms with E-state index in [2.05, 4.69) is 25.3 Å². The predicted molar refractivity (Wildman–Crippen MR) is 125 cm³/mol. The van der Waals surface area contributed by atoms with Crippen molar-refractivity contribution in [2.45, 2.75) is 19.4 Å². The zero-order chi connectivity index (χ0) is 22.9. The van der Waals surface area contributed by atoms with Crippen molar-refractivity contribution in [1.29, 1.82) is 0 Å². The Morgan fingerprint density at radius 3 is 2.97 bits per heavy atom. The lowest BCUT2D eigenvalue weighted by molar-refractivity contribution is -0.141. The lowest BCUT2D eigenvalue weighted by atomic mass is 10.1. The summed E-state index contributed by atoms with van der Waals surface area (Å²) in [5.41, 5.74) is 3.98. The van der Waals surface area contributed by atoms with E-state index in [4.69, 9.17) is 4.74 Å². The molecule has 1 fully saturated rings. The van der Waals surface area contributed by atoms with Crippen LogP contribution in [0.3, 0.4) is 0 Å². The molecule has 5 rings (SSSR count). The third-order valence-corrected chi connectivity index (χ3v) is 6.22. The third kappa shape index (κ3) is 4.45. The fraction of sp³-hybridized carbons (Fsp3) is 0.333. The average molecular weight is 447 g/mol. The quantitative estimate of drug-likeness (QED) is 0.441. The molecule has 170 valence electrons. The van der Waals surface area contributed by atoms with Gasteiger partial charge in [-0.25, -0.2) is 4.98 Å². The van der Waals surface area contributed by atoms with Crippen LogP contribution < -0.4 is 5.32 Å².